The molecule has 2 fully saturated rings. The highest BCUT2D eigenvalue weighted by molar-refractivity contribution is 9.10. The van der Waals surface area contributed by atoms with Gasteiger partial charge in [0, 0.05) is 48.8 Å². The Balaban J connectivity index is 1.48. The van der Waals surface area contributed by atoms with Crippen LogP contribution in [0.3, 0.4) is 0 Å². The molecule has 23 heavy (non-hydrogen) atoms. The highest BCUT2D eigenvalue weighted by Gasteiger charge is 2.30. The summed E-state index contributed by atoms with van der Waals surface area (Å²) in [5, 5.41) is 3.07. The Morgan fingerprint density at radius 1 is 1.35 bits per heavy atom. The lowest BCUT2D eigenvalue weighted by Crippen LogP contribution is -2.53. The summed E-state index contributed by atoms with van der Waals surface area (Å²) in [6.45, 7) is 6.00. The van der Waals surface area contributed by atoms with E-state index in [1.165, 1.54) is 6.07 Å². The average molecular weight is 384 g/mol. The Kier molecular flexibility index (Phi) is 5.34. The number of rotatable bonds is 5. The van der Waals surface area contributed by atoms with Gasteiger partial charge in [0.2, 0.25) is 5.91 Å². The standard InChI is InChI=1S/C17H23BrFN3O/c1-12(17(23)20-15-4-5-15)22-8-6-21(7-9-22)11-13-2-3-14(18)10-16(13)19/h2-3,10,12,15H,4-9,11H2,1H3,(H,20,23). The molecule has 126 valence electrons. The Labute approximate surface area is 145 Å². The van der Waals surface area contributed by atoms with E-state index in [1.807, 2.05) is 19.1 Å². The summed E-state index contributed by atoms with van der Waals surface area (Å²) in [6.07, 6.45) is 2.23. The number of carbonyl (C=O) groups is 1. The van der Waals surface area contributed by atoms with Crippen LogP contribution in [0.2, 0.25) is 0 Å². The molecule has 1 unspecified atom stereocenters. The van der Waals surface area contributed by atoms with Crippen molar-refractivity contribution in [2.45, 2.75) is 38.4 Å². The Morgan fingerprint density at radius 2 is 2.04 bits per heavy atom. The number of hydrogen-bond acceptors (Lipinski definition) is 3. The molecule has 3 rings (SSSR count). The van der Waals surface area contributed by atoms with Crippen LogP contribution in [0.4, 0.5) is 4.39 Å². The van der Waals surface area contributed by atoms with Crippen molar-refractivity contribution in [2.24, 2.45) is 0 Å². The van der Waals surface area contributed by atoms with Crippen molar-refractivity contribution in [2.75, 3.05) is 26.2 Å². The normalized spacial score (nSPS) is 21.2. The predicted molar refractivity (Wildman–Crippen MR) is 91.6 cm³/mol. The maximum atomic E-state index is 13.9. The van der Waals surface area contributed by atoms with Gasteiger partial charge in [0.15, 0.2) is 0 Å². The third-order valence-corrected chi connectivity index (χ3v) is 5.16. The first kappa shape index (κ1) is 16.9. The highest BCUT2D eigenvalue weighted by atomic mass is 79.9. The zero-order valence-electron chi connectivity index (χ0n) is 13.4. The van der Waals surface area contributed by atoms with Crippen LogP contribution in [-0.2, 0) is 11.3 Å². The number of piperazine rings is 1. The van der Waals surface area contributed by atoms with E-state index in [0.29, 0.717) is 12.6 Å². The molecule has 6 heteroatoms. The zero-order valence-corrected chi connectivity index (χ0v) is 15.0. The predicted octanol–water partition coefficient (Wildman–Crippen LogP) is 2.37. The summed E-state index contributed by atoms with van der Waals surface area (Å²) in [4.78, 5) is 16.6. The van der Waals surface area contributed by atoms with Crippen molar-refractivity contribution in [3.63, 3.8) is 0 Å². The first-order chi connectivity index (χ1) is 11.0. The minimum absolute atomic E-state index is 0.0813. The Bertz CT molecular complexity index is 571. The van der Waals surface area contributed by atoms with Crippen LogP contribution in [0, 0.1) is 5.82 Å². The Morgan fingerprint density at radius 3 is 2.65 bits per heavy atom. The molecule has 1 aromatic rings. The van der Waals surface area contributed by atoms with Crippen LogP contribution in [-0.4, -0.2) is 54.0 Å². The highest BCUT2D eigenvalue weighted by Crippen LogP contribution is 2.20. The number of nitrogens with zero attached hydrogens (tertiary/aromatic N) is 2. The van der Waals surface area contributed by atoms with Gasteiger partial charge in [-0.3, -0.25) is 14.6 Å². The van der Waals surface area contributed by atoms with Gasteiger partial charge in [0.25, 0.3) is 0 Å². The van der Waals surface area contributed by atoms with Crippen LogP contribution in [0.15, 0.2) is 22.7 Å². The summed E-state index contributed by atoms with van der Waals surface area (Å²) >= 11 is 3.28. The van der Waals surface area contributed by atoms with Crippen LogP contribution in [0.1, 0.15) is 25.3 Å². The third kappa shape index (κ3) is 4.52. The number of nitrogens with one attached hydrogen (secondary N) is 1. The number of hydrogen-bond donors (Lipinski definition) is 1. The van der Waals surface area contributed by atoms with Crippen molar-refractivity contribution in [1.29, 1.82) is 0 Å². The molecule has 0 aromatic heterocycles. The minimum atomic E-state index is -0.168. The van der Waals surface area contributed by atoms with Gasteiger partial charge in [-0.05, 0) is 31.9 Å². The number of amides is 1. The van der Waals surface area contributed by atoms with E-state index in [4.69, 9.17) is 0 Å². The van der Waals surface area contributed by atoms with Crippen LogP contribution in [0.5, 0.6) is 0 Å². The molecule has 2 aliphatic rings. The van der Waals surface area contributed by atoms with Crippen LogP contribution >= 0.6 is 15.9 Å². The van der Waals surface area contributed by atoms with Gasteiger partial charge >= 0.3 is 0 Å². The van der Waals surface area contributed by atoms with Gasteiger partial charge in [-0.2, -0.15) is 0 Å². The van der Waals surface area contributed by atoms with Gasteiger partial charge < -0.3 is 5.32 Å². The van der Waals surface area contributed by atoms with E-state index in [0.717, 1.165) is 49.1 Å². The summed E-state index contributed by atoms with van der Waals surface area (Å²) < 4.78 is 14.7. The van der Waals surface area contributed by atoms with E-state index in [1.54, 1.807) is 0 Å². The zero-order chi connectivity index (χ0) is 16.4. The fourth-order valence-corrected chi connectivity index (χ4v) is 3.25. The second-order valence-electron chi connectivity index (χ2n) is 6.51. The first-order valence-corrected chi connectivity index (χ1v) is 9.03. The largest absolute Gasteiger partial charge is 0.352 e. The second kappa shape index (κ2) is 7.28. The average Bonchev–Trinajstić information content (AvgIpc) is 3.34. The van der Waals surface area contributed by atoms with Crippen molar-refractivity contribution in [3.05, 3.63) is 34.1 Å². The van der Waals surface area contributed by atoms with E-state index >= 15 is 0 Å². The van der Waals surface area contributed by atoms with Crippen molar-refractivity contribution >= 4 is 21.8 Å². The molecular weight excluding hydrogens is 361 g/mol. The maximum Gasteiger partial charge on any atom is 0.237 e. The maximum absolute atomic E-state index is 13.9. The smallest absolute Gasteiger partial charge is 0.237 e. The fraction of sp³-hybridized carbons (Fsp3) is 0.588. The molecule has 0 radical (unpaired) electrons. The minimum Gasteiger partial charge on any atom is -0.352 e. The molecule has 1 atom stereocenters. The van der Waals surface area contributed by atoms with Gasteiger partial charge in [-0.15, -0.1) is 0 Å². The molecule has 1 heterocycles. The topological polar surface area (TPSA) is 35.6 Å². The fourth-order valence-electron chi connectivity index (χ4n) is 2.91. The lowest BCUT2D eigenvalue weighted by atomic mass is 10.1. The van der Waals surface area contributed by atoms with E-state index in [-0.39, 0.29) is 17.8 Å². The number of halogens is 2. The molecular formula is C17H23BrFN3O. The SMILES string of the molecule is CC(C(=O)NC1CC1)N1CCN(Cc2ccc(Br)cc2F)CC1. The van der Waals surface area contributed by atoms with Gasteiger partial charge in [0.05, 0.1) is 6.04 Å². The van der Waals surface area contributed by atoms with E-state index < -0.39 is 0 Å². The van der Waals surface area contributed by atoms with Crippen molar-refractivity contribution in [3.8, 4) is 0 Å². The number of carbonyl (C=O) groups excluding carboxylic acids is 1. The van der Waals surface area contributed by atoms with Gasteiger partial charge in [0.1, 0.15) is 5.82 Å². The first-order valence-electron chi connectivity index (χ1n) is 8.23. The quantitative estimate of drug-likeness (QED) is 0.847. The molecule has 1 aliphatic heterocycles. The Hall–Kier alpha value is -0.980. The third-order valence-electron chi connectivity index (χ3n) is 4.67. The molecule has 0 bridgehead atoms. The molecule has 1 aliphatic carbocycles. The molecule has 1 N–H and O–H groups in total. The lowest BCUT2D eigenvalue weighted by Gasteiger charge is -2.37. The van der Waals surface area contributed by atoms with Gasteiger partial charge in [-0.1, -0.05) is 22.0 Å². The van der Waals surface area contributed by atoms with E-state index in [2.05, 4.69) is 31.0 Å². The van der Waals surface area contributed by atoms with Crippen molar-refractivity contribution in [1.82, 2.24) is 15.1 Å². The molecule has 1 saturated carbocycles. The molecule has 0 spiro atoms. The summed E-state index contributed by atoms with van der Waals surface area (Å²) in [7, 11) is 0. The van der Waals surface area contributed by atoms with Crippen LogP contribution in [0.25, 0.3) is 0 Å². The second-order valence-corrected chi connectivity index (χ2v) is 7.42. The monoisotopic (exact) mass is 383 g/mol. The van der Waals surface area contributed by atoms with Crippen LogP contribution < -0.4 is 5.32 Å². The van der Waals surface area contributed by atoms with E-state index in [9.17, 15) is 9.18 Å². The molecule has 4 nitrogen and oxygen atoms in total. The van der Waals surface area contributed by atoms with Gasteiger partial charge in [-0.25, -0.2) is 4.39 Å². The molecule has 1 saturated heterocycles. The summed E-state index contributed by atoms with van der Waals surface area (Å²) in [5.74, 6) is -0.0288. The van der Waals surface area contributed by atoms with Crippen molar-refractivity contribution < 1.29 is 9.18 Å². The summed E-state index contributed by atoms with van der Waals surface area (Å²) in [5.41, 5.74) is 0.723. The lowest BCUT2D eigenvalue weighted by molar-refractivity contribution is -0.126. The summed E-state index contributed by atoms with van der Waals surface area (Å²) in [6, 6.07) is 5.54. The number of benzene rings is 1. The molecule has 1 amide bonds. The molecule has 1 aromatic carbocycles.